The van der Waals surface area contributed by atoms with E-state index in [0.717, 1.165) is 0 Å². The second kappa shape index (κ2) is 6.25. The lowest BCUT2D eigenvalue weighted by Crippen LogP contribution is -2.27. The number of phenolic OH excluding ortho intramolecular Hbond substituents is 1. The van der Waals surface area contributed by atoms with Gasteiger partial charge in [0.05, 0.1) is 5.56 Å². The number of phenols is 1. The molecule has 0 fully saturated rings. The Balaban J connectivity index is 2.03. The van der Waals surface area contributed by atoms with Crippen LogP contribution in [0.25, 0.3) is 11.0 Å². The molecule has 7 heteroatoms. The van der Waals surface area contributed by atoms with Crippen molar-refractivity contribution in [2.24, 2.45) is 10.8 Å². The van der Waals surface area contributed by atoms with E-state index in [1.54, 1.807) is 36.4 Å². The van der Waals surface area contributed by atoms with Gasteiger partial charge in [-0.2, -0.15) is 0 Å². The number of hydrogen-bond acceptors (Lipinski definition) is 5. The topological polar surface area (TPSA) is 118 Å². The standard InChI is InChI=1S/C17H13N3O4/c18-15(22)12-9-10-5-1-4-8-14(10)24-17(12)20-19-16(23)11-6-2-3-7-13(11)21/h1-9,21H,(H2,18,22)(H,19,23)/b20-17+. The number of hydrogen-bond donors (Lipinski definition) is 3. The molecule has 0 unspecified atom stereocenters. The van der Waals surface area contributed by atoms with Gasteiger partial charge < -0.3 is 15.3 Å². The zero-order valence-corrected chi connectivity index (χ0v) is 12.4. The van der Waals surface area contributed by atoms with Gasteiger partial charge in [-0.3, -0.25) is 9.59 Å². The van der Waals surface area contributed by atoms with E-state index < -0.39 is 11.8 Å². The van der Waals surface area contributed by atoms with E-state index in [0.29, 0.717) is 11.0 Å². The van der Waals surface area contributed by atoms with Gasteiger partial charge >= 0.3 is 0 Å². The van der Waals surface area contributed by atoms with Crippen LogP contribution in [0.15, 0.2) is 64.1 Å². The summed E-state index contributed by atoms with van der Waals surface area (Å²) in [6.07, 6.45) is 0. The lowest BCUT2D eigenvalue weighted by molar-refractivity contribution is 0.0943. The number of carbonyl (C=O) groups is 2. The predicted octanol–water partition coefficient (Wildman–Crippen LogP) is 1.48. The molecule has 0 aliphatic heterocycles. The molecule has 0 saturated carbocycles. The Morgan fingerprint density at radius 3 is 2.50 bits per heavy atom. The van der Waals surface area contributed by atoms with E-state index in [1.165, 1.54) is 18.2 Å². The SMILES string of the molecule is NC(=O)c1cc2ccccc2o/c1=N/NC(=O)c1ccccc1O. The number of amides is 2. The van der Waals surface area contributed by atoms with Crippen LogP contribution in [0.2, 0.25) is 0 Å². The van der Waals surface area contributed by atoms with E-state index in [1.807, 2.05) is 0 Å². The summed E-state index contributed by atoms with van der Waals surface area (Å²) in [5, 5.41) is 14.2. The Bertz CT molecular complexity index is 1010. The van der Waals surface area contributed by atoms with Crippen molar-refractivity contribution >= 4 is 22.8 Å². The lowest BCUT2D eigenvalue weighted by atomic mass is 10.2. The first-order valence-electron chi connectivity index (χ1n) is 7.01. The van der Waals surface area contributed by atoms with Gasteiger partial charge in [0.2, 0.25) is 5.55 Å². The number of carbonyl (C=O) groups excluding carboxylic acids is 2. The fraction of sp³-hybridized carbons (Fsp3) is 0. The van der Waals surface area contributed by atoms with Crippen molar-refractivity contribution in [1.82, 2.24) is 5.43 Å². The normalized spacial score (nSPS) is 11.4. The Hall–Kier alpha value is -3.61. The zero-order valence-electron chi connectivity index (χ0n) is 12.4. The third-order valence-electron chi connectivity index (χ3n) is 3.33. The number of nitrogens with two attached hydrogens (primary N) is 1. The van der Waals surface area contributed by atoms with Gasteiger partial charge in [-0.25, -0.2) is 5.43 Å². The molecule has 0 atom stereocenters. The van der Waals surface area contributed by atoms with Crippen LogP contribution >= 0.6 is 0 Å². The molecule has 0 saturated heterocycles. The van der Waals surface area contributed by atoms with Crippen molar-refractivity contribution in [3.63, 3.8) is 0 Å². The molecule has 0 aliphatic rings. The van der Waals surface area contributed by atoms with Crippen molar-refractivity contribution in [3.05, 3.63) is 71.3 Å². The van der Waals surface area contributed by atoms with Crippen molar-refractivity contribution in [2.45, 2.75) is 0 Å². The molecule has 24 heavy (non-hydrogen) atoms. The summed E-state index contributed by atoms with van der Waals surface area (Å²) in [6, 6.07) is 14.6. The highest BCUT2D eigenvalue weighted by Crippen LogP contribution is 2.15. The molecular weight excluding hydrogens is 310 g/mol. The fourth-order valence-corrected chi connectivity index (χ4v) is 2.16. The molecule has 3 aromatic rings. The van der Waals surface area contributed by atoms with Crippen LogP contribution in [0.1, 0.15) is 20.7 Å². The number of rotatable bonds is 3. The summed E-state index contributed by atoms with van der Waals surface area (Å²) in [5.74, 6) is -1.57. The summed E-state index contributed by atoms with van der Waals surface area (Å²) in [6.45, 7) is 0. The number of benzene rings is 2. The minimum absolute atomic E-state index is 0.0336. The highest BCUT2D eigenvalue weighted by Gasteiger charge is 2.12. The molecule has 1 heterocycles. The number of primary amides is 1. The van der Waals surface area contributed by atoms with Crippen LogP contribution in [0, 0.1) is 0 Å². The van der Waals surface area contributed by atoms with Crippen LogP contribution in [0.3, 0.4) is 0 Å². The first kappa shape index (κ1) is 15.3. The molecular formula is C17H13N3O4. The Morgan fingerprint density at radius 1 is 1.04 bits per heavy atom. The highest BCUT2D eigenvalue weighted by atomic mass is 16.3. The maximum Gasteiger partial charge on any atom is 0.275 e. The average Bonchev–Trinajstić information content (AvgIpc) is 2.59. The van der Waals surface area contributed by atoms with Crippen LogP contribution in [-0.2, 0) is 0 Å². The van der Waals surface area contributed by atoms with Gasteiger partial charge in [0.25, 0.3) is 11.8 Å². The minimum atomic E-state index is -0.736. The number of nitrogens with zero attached hydrogens (tertiary/aromatic N) is 1. The largest absolute Gasteiger partial charge is 0.507 e. The van der Waals surface area contributed by atoms with Crippen LogP contribution < -0.4 is 16.7 Å². The molecule has 2 aromatic carbocycles. The molecule has 0 aliphatic carbocycles. The second-order valence-corrected chi connectivity index (χ2v) is 4.94. The predicted molar refractivity (Wildman–Crippen MR) is 85.9 cm³/mol. The quantitative estimate of drug-likeness (QED) is 0.633. The smallest absolute Gasteiger partial charge is 0.275 e. The van der Waals surface area contributed by atoms with E-state index in [-0.39, 0.29) is 22.4 Å². The number of fused-ring (bicyclic) bond motifs is 1. The van der Waals surface area contributed by atoms with Crippen LogP contribution in [-0.4, -0.2) is 16.9 Å². The van der Waals surface area contributed by atoms with Gasteiger partial charge in [0.1, 0.15) is 16.9 Å². The van der Waals surface area contributed by atoms with Crippen molar-refractivity contribution in [3.8, 4) is 5.75 Å². The maximum atomic E-state index is 12.1. The summed E-state index contributed by atoms with van der Waals surface area (Å²) in [4.78, 5) is 23.6. The highest BCUT2D eigenvalue weighted by molar-refractivity contribution is 5.97. The maximum absolute atomic E-state index is 12.1. The zero-order chi connectivity index (χ0) is 17.1. The molecule has 0 spiro atoms. The third kappa shape index (κ3) is 2.95. The minimum Gasteiger partial charge on any atom is -0.507 e. The van der Waals surface area contributed by atoms with Gasteiger partial charge in [-0.1, -0.05) is 30.3 Å². The summed E-state index contributed by atoms with van der Waals surface area (Å²) in [7, 11) is 0. The van der Waals surface area contributed by atoms with Gasteiger partial charge in [-0.15, -0.1) is 5.10 Å². The lowest BCUT2D eigenvalue weighted by Gasteiger charge is -2.03. The van der Waals surface area contributed by atoms with Gasteiger partial charge in [0, 0.05) is 5.39 Å². The Labute approximate surface area is 136 Å². The Kier molecular flexibility index (Phi) is 3.98. The van der Waals surface area contributed by atoms with Crippen molar-refractivity contribution < 1.29 is 19.1 Å². The Morgan fingerprint density at radius 2 is 1.75 bits per heavy atom. The summed E-state index contributed by atoms with van der Waals surface area (Å²) >= 11 is 0. The molecule has 1 aromatic heterocycles. The van der Waals surface area contributed by atoms with E-state index in [2.05, 4.69) is 10.5 Å². The second-order valence-electron chi connectivity index (χ2n) is 4.94. The van der Waals surface area contributed by atoms with Gasteiger partial charge in [0.15, 0.2) is 0 Å². The van der Waals surface area contributed by atoms with E-state index >= 15 is 0 Å². The molecule has 2 amide bonds. The molecule has 120 valence electrons. The third-order valence-corrected chi connectivity index (χ3v) is 3.33. The summed E-state index contributed by atoms with van der Waals surface area (Å²) < 4.78 is 5.53. The number of para-hydroxylation sites is 2. The van der Waals surface area contributed by atoms with Crippen molar-refractivity contribution in [1.29, 1.82) is 0 Å². The van der Waals surface area contributed by atoms with E-state index in [4.69, 9.17) is 10.2 Å². The molecule has 4 N–H and O–H groups in total. The summed E-state index contributed by atoms with van der Waals surface area (Å²) in [5.41, 5.74) is 8.02. The van der Waals surface area contributed by atoms with Gasteiger partial charge in [-0.05, 0) is 24.3 Å². The average molecular weight is 323 g/mol. The molecule has 0 radical (unpaired) electrons. The molecule has 3 rings (SSSR count). The van der Waals surface area contributed by atoms with Crippen molar-refractivity contribution in [2.75, 3.05) is 0 Å². The number of nitrogens with one attached hydrogen (secondary N) is 1. The van der Waals surface area contributed by atoms with Crippen LogP contribution in [0.5, 0.6) is 5.75 Å². The number of aromatic hydroxyl groups is 1. The molecule has 7 nitrogen and oxygen atoms in total. The molecule has 0 bridgehead atoms. The fourth-order valence-electron chi connectivity index (χ4n) is 2.16. The monoisotopic (exact) mass is 323 g/mol. The first-order valence-corrected chi connectivity index (χ1v) is 7.01. The van der Waals surface area contributed by atoms with Crippen LogP contribution in [0.4, 0.5) is 0 Å². The first-order chi connectivity index (χ1) is 11.6. The van der Waals surface area contributed by atoms with E-state index in [9.17, 15) is 14.7 Å².